The molecule has 0 radical (unpaired) electrons. The van der Waals surface area contributed by atoms with Crippen LogP contribution in [0.25, 0.3) is 0 Å². The van der Waals surface area contributed by atoms with E-state index in [4.69, 9.17) is 10.5 Å². The lowest BCUT2D eigenvalue weighted by Crippen LogP contribution is -2.56. The number of hydrogen-bond donors (Lipinski definition) is 2. The van der Waals surface area contributed by atoms with Crippen LogP contribution in [0.5, 0.6) is 0 Å². The number of carbonyl (C=O) groups is 1. The first-order valence-corrected chi connectivity index (χ1v) is 5.86. The number of morpholine rings is 1. The minimum absolute atomic E-state index is 0.0705. The molecule has 5 nitrogen and oxygen atoms in total. The van der Waals surface area contributed by atoms with Crippen molar-refractivity contribution in [3.05, 3.63) is 0 Å². The minimum Gasteiger partial charge on any atom is -0.394 e. The van der Waals surface area contributed by atoms with Crippen molar-refractivity contribution in [2.75, 3.05) is 26.4 Å². The van der Waals surface area contributed by atoms with Gasteiger partial charge in [-0.1, -0.05) is 20.3 Å². The quantitative estimate of drug-likeness (QED) is 0.688. The Morgan fingerprint density at radius 1 is 1.69 bits per heavy atom. The van der Waals surface area contributed by atoms with Gasteiger partial charge in [-0.15, -0.1) is 0 Å². The van der Waals surface area contributed by atoms with E-state index >= 15 is 0 Å². The molecular weight excluding hydrogens is 208 g/mol. The monoisotopic (exact) mass is 230 g/mol. The number of nitrogens with zero attached hydrogens (tertiary/aromatic N) is 1. The Balaban J connectivity index is 2.63. The first-order valence-electron chi connectivity index (χ1n) is 5.86. The second kappa shape index (κ2) is 6.18. The predicted molar refractivity (Wildman–Crippen MR) is 60.8 cm³/mol. The highest BCUT2D eigenvalue weighted by Gasteiger charge is 2.31. The van der Waals surface area contributed by atoms with E-state index in [1.165, 1.54) is 0 Å². The molecule has 1 rings (SSSR count). The number of aliphatic hydroxyl groups excluding tert-OH is 1. The molecule has 0 spiro atoms. The fourth-order valence-corrected chi connectivity index (χ4v) is 1.79. The van der Waals surface area contributed by atoms with Crippen LogP contribution in [-0.2, 0) is 9.53 Å². The Morgan fingerprint density at radius 2 is 2.38 bits per heavy atom. The minimum atomic E-state index is -0.475. The molecule has 1 amide bonds. The fraction of sp³-hybridized carbons (Fsp3) is 0.909. The van der Waals surface area contributed by atoms with E-state index in [-0.39, 0.29) is 24.5 Å². The summed E-state index contributed by atoms with van der Waals surface area (Å²) in [5.74, 6) is 0.0892. The number of hydrogen-bond acceptors (Lipinski definition) is 4. The van der Waals surface area contributed by atoms with Crippen LogP contribution < -0.4 is 5.73 Å². The third-order valence-electron chi connectivity index (χ3n) is 3.26. The van der Waals surface area contributed by atoms with Crippen molar-refractivity contribution >= 4 is 5.91 Å². The summed E-state index contributed by atoms with van der Waals surface area (Å²) in [7, 11) is 0. The zero-order chi connectivity index (χ0) is 12.1. The number of rotatable bonds is 4. The lowest BCUT2D eigenvalue weighted by molar-refractivity contribution is -0.144. The second-order valence-corrected chi connectivity index (χ2v) is 4.35. The molecule has 0 aliphatic carbocycles. The van der Waals surface area contributed by atoms with Gasteiger partial charge in [0, 0.05) is 6.54 Å². The Hall–Kier alpha value is -0.650. The number of carbonyl (C=O) groups excluding carboxylic acids is 1. The van der Waals surface area contributed by atoms with Crippen molar-refractivity contribution in [2.24, 2.45) is 11.7 Å². The fourth-order valence-electron chi connectivity index (χ4n) is 1.79. The van der Waals surface area contributed by atoms with Gasteiger partial charge >= 0.3 is 0 Å². The number of amides is 1. The molecule has 1 aliphatic rings. The number of aliphatic hydroxyl groups is 1. The van der Waals surface area contributed by atoms with Gasteiger partial charge in [0.05, 0.1) is 31.9 Å². The van der Waals surface area contributed by atoms with E-state index in [1.54, 1.807) is 4.90 Å². The molecule has 0 aromatic carbocycles. The zero-order valence-electron chi connectivity index (χ0n) is 10.1. The molecule has 0 aromatic rings. The van der Waals surface area contributed by atoms with E-state index < -0.39 is 6.04 Å². The summed E-state index contributed by atoms with van der Waals surface area (Å²) in [5, 5.41) is 9.17. The SMILES string of the molecule is CC[C@H](C)[C@H](N)C(=O)N1CCOCC1CO. The average Bonchev–Trinajstić information content (AvgIpc) is 2.35. The van der Waals surface area contributed by atoms with Crippen LogP contribution >= 0.6 is 0 Å². The Morgan fingerprint density at radius 3 is 2.94 bits per heavy atom. The Labute approximate surface area is 96.6 Å². The summed E-state index contributed by atoms with van der Waals surface area (Å²) in [6, 6.07) is -0.714. The van der Waals surface area contributed by atoms with Crippen LogP contribution in [0.15, 0.2) is 0 Å². The predicted octanol–water partition coefficient (Wildman–Crippen LogP) is -0.420. The van der Waals surface area contributed by atoms with Crippen molar-refractivity contribution in [2.45, 2.75) is 32.4 Å². The van der Waals surface area contributed by atoms with Crippen LogP contribution in [-0.4, -0.2) is 54.4 Å². The molecular formula is C11H22N2O3. The van der Waals surface area contributed by atoms with E-state index in [2.05, 4.69) is 0 Å². The van der Waals surface area contributed by atoms with Gasteiger partial charge in [-0.05, 0) is 5.92 Å². The van der Waals surface area contributed by atoms with Crippen LogP contribution in [0, 0.1) is 5.92 Å². The molecule has 0 saturated carbocycles. The molecule has 1 aliphatic heterocycles. The first-order chi connectivity index (χ1) is 7.61. The van der Waals surface area contributed by atoms with Crippen LogP contribution in [0.4, 0.5) is 0 Å². The molecule has 0 bridgehead atoms. The van der Waals surface area contributed by atoms with Gasteiger partial charge < -0.3 is 20.5 Å². The normalized spacial score (nSPS) is 25.2. The highest BCUT2D eigenvalue weighted by molar-refractivity contribution is 5.82. The van der Waals surface area contributed by atoms with Gasteiger partial charge in [-0.3, -0.25) is 4.79 Å². The van der Waals surface area contributed by atoms with Crippen LogP contribution in [0.1, 0.15) is 20.3 Å². The van der Waals surface area contributed by atoms with Gasteiger partial charge in [0.15, 0.2) is 0 Å². The molecule has 3 atom stereocenters. The van der Waals surface area contributed by atoms with Crippen LogP contribution in [0.3, 0.4) is 0 Å². The van der Waals surface area contributed by atoms with Crippen LogP contribution in [0.2, 0.25) is 0 Å². The summed E-state index contributed by atoms with van der Waals surface area (Å²) in [6.45, 7) is 5.36. The highest BCUT2D eigenvalue weighted by Crippen LogP contribution is 2.13. The smallest absolute Gasteiger partial charge is 0.240 e. The molecule has 16 heavy (non-hydrogen) atoms. The molecule has 1 heterocycles. The molecule has 1 fully saturated rings. The molecule has 94 valence electrons. The lowest BCUT2D eigenvalue weighted by Gasteiger charge is -2.37. The lowest BCUT2D eigenvalue weighted by atomic mass is 9.98. The zero-order valence-corrected chi connectivity index (χ0v) is 10.1. The third-order valence-corrected chi connectivity index (χ3v) is 3.26. The summed E-state index contributed by atoms with van der Waals surface area (Å²) < 4.78 is 5.23. The maximum absolute atomic E-state index is 12.1. The molecule has 1 unspecified atom stereocenters. The van der Waals surface area contributed by atoms with Gasteiger partial charge in [0.1, 0.15) is 0 Å². The Bertz CT molecular complexity index is 235. The van der Waals surface area contributed by atoms with Crippen molar-refractivity contribution in [3.8, 4) is 0 Å². The van der Waals surface area contributed by atoms with E-state index in [0.29, 0.717) is 19.8 Å². The van der Waals surface area contributed by atoms with Crippen molar-refractivity contribution in [1.29, 1.82) is 0 Å². The summed E-state index contributed by atoms with van der Waals surface area (Å²) in [4.78, 5) is 13.8. The molecule has 3 N–H and O–H groups in total. The third kappa shape index (κ3) is 2.93. The number of ether oxygens (including phenoxy) is 1. The molecule has 1 saturated heterocycles. The van der Waals surface area contributed by atoms with Gasteiger partial charge in [-0.25, -0.2) is 0 Å². The molecule has 0 aromatic heterocycles. The Kier molecular flexibility index (Phi) is 5.18. The standard InChI is InChI=1S/C11H22N2O3/c1-3-8(2)10(12)11(15)13-4-5-16-7-9(13)6-14/h8-10,14H,3-7,12H2,1-2H3/t8-,9?,10-/m0/s1. The first kappa shape index (κ1) is 13.4. The van der Waals surface area contributed by atoms with Crippen molar-refractivity contribution < 1.29 is 14.6 Å². The molecule has 5 heteroatoms. The van der Waals surface area contributed by atoms with Crippen molar-refractivity contribution in [1.82, 2.24) is 4.90 Å². The van der Waals surface area contributed by atoms with E-state index in [9.17, 15) is 9.90 Å². The topological polar surface area (TPSA) is 75.8 Å². The van der Waals surface area contributed by atoms with Gasteiger partial charge in [-0.2, -0.15) is 0 Å². The summed E-state index contributed by atoms with van der Waals surface area (Å²) in [6.07, 6.45) is 0.876. The van der Waals surface area contributed by atoms with E-state index in [1.807, 2.05) is 13.8 Å². The summed E-state index contributed by atoms with van der Waals surface area (Å²) in [5.41, 5.74) is 5.91. The highest BCUT2D eigenvalue weighted by atomic mass is 16.5. The summed E-state index contributed by atoms with van der Waals surface area (Å²) >= 11 is 0. The maximum Gasteiger partial charge on any atom is 0.240 e. The maximum atomic E-state index is 12.1. The number of nitrogens with two attached hydrogens (primary N) is 1. The van der Waals surface area contributed by atoms with E-state index in [0.717, 1.165) is 6.42 Å². The largest absolute Gasteiger partial charge is 0.394 e. The van der Waals surface area contributed by atoms with Gasteiger partial charge in [0.25, 0.3) is 0 Å². The second-order valence-electron chi connectivity index (χ2n) is 4.35. The average molecular weight is 230 g/mol. The van der Waals surface area contributed by atoms with Gasteiger partial charge in [0.2, 0.25) is 5.91 Å². The van der Waals surface area contributed by atoms with Crippen molar-refractivity contribution in [3.63, 3.8) is 0 Å².